The van der Waals surface area contributed by atoms with Gasteiger partial charge in [0.1, 0.15) is 0 Å². The fraction of sp³-hybridized carbons (Fsp3) is 0.812. The highest BCUT2D eigenvalue weighted by atomic mass is 15.1. The van der Waals surface area contributed by atoms with E-state index in [1.165, 1.54) is 70.0 Å². The van der Waals surface area contributed by atoms with Crippen molar-refractivity contribution in [2.24, 2.45) is 5.92 Å². The van der Waals surface area contributed by atoms with Crippen LogP contribution in [0, 0.1) is 5.92 Å². The van der Waals surface area contributed by atoms with Crippen LogP contribution in [0.5, 0.6) is 0 Å². The number of rotatable bonds is 2. The van der Waals surface area contributed by atoms with Crippen LogP contribution in [0.25, 0.3) is 0 Å². The summed E-state index contributed by atoms with van der Waals surface area (Å²) in [5, 5.41) is 3.78. The Labute approximate surface area is 115 Å². The lowest BCUT2D eigenvalue weighted by Gasteiger charge is -2.34. The van der Waals surface area contributed by atoms with Gasteiger partial charge in [0.25, 0.3) is 0 Å². The smallest absolute Gasteiger partial charge is 0.0952 e. The maximum Gasteiger partial charge on any atom is 0.0952 e. The predicted molar refractivity (Wildman–Crippen MR) is 76.0 cm³/mol. The van der Waals surface area contributed by atoms with Crippen LogP contribution >= 0.6 is 0 Å². The predicted octanol–water partition coefficient (Wildman–Crippen LogP) is 2.99. The molecule has 0 bridgehead atoms. The van der Waals surface area contributed by atoms with Crippen LogP contribution in [-0.4, -0.2) is 16.1 Å². The second kappa shape index (κ2) is 4.62. The van der Waals surface area contributed by atoms with Crippen LogP contribution < -0.4 is 5.32 Å². The molecule has 1 aliphatic heterocycles. The van der Waals surface area contributed by atoms with E-state index in [-0.39, 0.29) is 5.54 Å². The number of nitrogens with zero attached hydrogens (tertiary/aromatic N) is 2. The number of aromatic nitrogens is 2. The number of imidazole rings is 1. The molecular weight excluding hydrogens is 234 g/mol. The summed E-state index contributed by atoms with van der Waals surface area (Å²) in [5.41, 5.74) is 3.19. The van der Waals surface area contributed by atoms with Gasteiger partial charge in [-0.25, -0.2) is 4.98 Å². The molecule has 1 spiro atoms. The lowest BCUT2D eigenvalue weighted by atomic mass is 9.87. The molecular formula is C16H25N3. The molecule has 0 unspecified atom stereocenters. The monoisotopic (exact) mass is 259 g/mol. The van der Waals surface area contributed by atoms with E-state index < -0.39 is 0 Å². The van der Waals surface area contributed by atoms with E-state index in [0.29, 0.717) is 0 Å². The van der Waals surface area contributed by atoms with Crippen LogP contribution in [0.2, 0.25) is 0 Å². The SMILES string of the molecule is c1nc2c(n1CC1CCCC1)CCNC21CCCC1. The molecule has 0 aromatic carbocycles. The molecule has 19 heavy (non-hydrogen) atoms. The van der Waals surface area contributed by atoms with Crippen LogP contribution in [0.3, 0.4) is 0 Å². The molecule has 3 nitrogen and oxygen atoms in total. The molecule has 0 radical (unpaired) electrons. The number of fused-ring (bicyclic) bond motifs is 2. The first-order valence-electron chi connectivity index (χ1n) is 8.17. The molecule has 3 heteroatoms. The average molecular weight is 259 g/mol. The Balaban J connectivity index is 1.62. The van der Waals surface area contributed by atoms with Crippen molar-refractivity contribution in [3.8, 4) is 0 Å². The van der Waals surface area contributed by atoms with Crippen molar-refractivity contribution in [2.75, 3.05) is 6.54 Å². The largest absolute Gasteiger partial charge is 0.334 e. The third-order valence-electron chi connectivity index (χ3n) is 5.61. The highest BCUT2D eigenvalue weighted by molar-refractivity contribution is 5.27. The van der Waals surface area contributed by atoms with E-state index in [9.17, 15) is 0 Å². The minimum absolute atomic E-state index is 0.245. The topological polar surface area (TPSA) is 29.9 Å². The van der Waals surface area contributed by atoms with Crippen molar-refractivity contribution in [1.29, 1.82) is 0 Å². The van der Waals surface area contributed by atoms with E-state index in [1.54, 1.807) is 5.69 Å². The number of hydrogen-bond acceptors (Lipinski definition) is 2. The maximum absolute atomic E-state index is 4.83. The van der Waals surface area contributed by atoms with Gasteiger partial charge >= 0.3 is 0 Å². The highest BCUT2D eigenvalue weighted by Gasteiger charge is 2.41. The first-order valence-corrected chi connectivity index (χ1v) is 8.17. The zero-order valence-corrected chi connectivity index (χ0v) is 11.8. The van der Waals surface area contributed by atoms with Gasteiger partial charge in [-0.2, -0.15) is 0 Å². The third kappa shape index (κ3) is 1.94. The van der Waals surface area contributed by atoms with Crippen molar-refractivity contribution in [1.82, 2.24) is 14.9 Å². The van der Waals surface area contributed by atoms with Crippen LogP contribution in [-0.2, 0) is 18.5 Å². The van der Waals surface area contributed by atoms with Crippen molar-refractivity contribution >= 4 is 0 Å². The Kier molecular flexibility index (Phi) is 2.91. The van der Waals surface area contributed by atoms with Crippen molar-refractivity contribution in [2.45, 2.75) is 69.9 Å². The van der Waals surface area contributed by atoms with E-state index in [4.69, 9.17) is 4.98 Å². The third-order valence-corrected chi connectivity index (χ3v) is 5.61. The first kappa shape index (κ1) is 12.0. The van der Waals surface area contributed by atoms with Gasteiger partial charge in [-0.3, -0.25) is 0 Å². The Morgan fingerprint density at radius 3 is 2.79 bits per heavy atom. The molecule has 2 aliphatic carbocycles. The summed E-state index contributed by atoms with van der Waals surface area (Å²) >= 11 is 0. The molecule has 0 atom stereocenters. The van der Waals surface area contributed by atoms with Gasteiger partial charge in [-0.05, 0) is 31.6 Å². The van der Waals surface area contributed by atoms with Gasteiger partial charge in [0.05, 0.1) is 17.6 Å². The van der Waals surface area contributed by atoms with Crippen LogP contribution in [0.15, 0.2) is 6.33 Å². The van der Waals surface area contributed by atoms with Gasteiger partial charge < -0.3 is 9.88 Å². The Bertz CT molecular complexity index is 451. The molecule has 3 aliphatic rings. The lowest BCUT2D eigenvalue weighted by Crippen LogP contribution is -2.45. The summed E-state index contributed by atoms with van der Waals surface area (Å²) in [6.45, 7) is 2.36. The second-order valence-electron chi connectivity index (χ2n) is 6.81. The van der Waals surface area contributed by atoms with E-state index in [1.807, 2.05) is 0 Å². The molecule has 2 heterocycles. The molecule has 2 fully saturated rings. The fourth-order valence-corrected chi connectivity index (χ4v) is 4.59. The summed E-state index contributed by atoms with van der Waals surface area (Å²) in [5.74, 6) is 0.910. The molecule has 104 valence electrons. The lowest BCUT2D eigenvalue weighted by molar-refractivity contribution is 0.310. The molecule has 0 amide bonds. The van der Waals surface area contributed by atoms with Crippen molar-refractivity contribution < 1.29 is 0 Å². The maximum atomic E-state index is 4.83. The summed E-state index contributed by atoms with van der Waals surface area (Å²) in [7, 11) is 0. The quantitative estimate of drug-likeness (QED) is 0.885. The zero-order chi connectivity index (χ0) is 12.7. The van der Waals surface area contributed by atoms with Gasteiger partial charge in [0, 0.05) is 25.2 Å². The van der Waals surface area contributed by atoms with E-state index in [2.05, 4.69) is 16.2 Å². The van der Waals surface area contributed by atoms with Crippen molar-refractivity contribution in [3.05, 3.63) is 17.7 Å². The number of hydrogen-bond donors (Lipinski definition) is 1. The Hall–Kier alpha value is -0.830. The summed E-state index contributed by atoms with van der Waals surface area (Å²) < 4.78 is 2.49. The van der Waals surface area contributed by atoms with Crippen LogP contribution in [0.4, 0.5) is 0 Å². The number of nitrogens with one attached hydrogen (secondary N) is 1. The summed E-state index contributed by atoms with van der Waals surface area (Å²) in [6, 6.07) is 0. The van der Waals surface area contributed by atoms with Crippen molar-refractivity contribution in [3.63, 3.8) is 0 Å². The molecule has 1 N–H and O–H groups in total. The average Bonchev–Trinajstić information content (AvgIpc) is 3.13. The van der Waals surface area contributed by atoms with Gasteiger partial charge in [0.15, 0.2) is 0 Å². The van der Waals surface area contributed by atoms with Gasteiger partial charge in [0.2, 0.25) is 0 Å². The van der Waals surface area contributed by atoms with Gasteiger partial charge in [-0.1, -0.05) is 25.7 Å². The summed E-state index contributed by atoms with van der Waals surface area (Å²) in [4.78, 5) is 4.83. The molecule has 2 saturated carbocycles. The van der Waals surface area contributed by atoms with E-state index in [0.717, 1.165) is 12.5 Å². The molecule has 1 aromatic heterocycles. The minimum atomic E-state index is 0.245. The standard InChI is InChI=1S/C16H25N3/c1-2-6-13(5-1)11-19-12-17-15-14(19)7-10-18-16(15)8-3-4-9-16/h12-13,18H,1-11H2. The zero-order valence-electron chi connectivity index (χ0n) is 11.8. The van der Waals surface area contributed by atoms with Crippen LogP contribution in [0.1, 0.15) is 62.8 Å². The summed E-state index contributed by atoms with van der Waals surface area (Å²) in [6.07, 6.45) is 14.3. The van der Waals surface area contributed by atoms with E-state index >= 15 is 0 Å². The minimum Gasteiger partial charge on any atom is -0.334 e. The molecule has 4 rings (SSSR count). The highest BCUT2D eigenvalue weighted by Crippen LogP contribution is 2.41. The molecule has 1 aromatic rings. The first-order chi connectivity index (χ1) is 9.37. The normalized spacial score (nSPS) is 26.1. The second-order valence-corrected chi connectivity index (χ2v) is 6.81. The Morgan fingerprint density at radius 2 is 2.00 bits per heavy atom. The molecule has 0 saturated heterocycles. The Morgan fingerprint density at radius 1 is 1.21 bits per heavy atom. The van der Waals surface area contributed by atoms with Gasteiger partial charge in [-0.15, -0.1) is 0 Å². The fourth-order valence-electron chi connectivity index (χ4n) is 4.59.